The standard InChI is InChI=1S/C12H13Br3FNO/c1-2-12(6-13,7-14)17-11(18)9-4-3-8(15)5-10(9)16/h3-5H,2,6-7H2,1H3,(H,17,18). The Labute approximate surface area is 131 Å². The molecule has 1 N–H and O–H groups in total. The first-order valence-corrected chi connectivity index (χ1v) is 8.41. The van der Waals surface area contributed by atoms with E-state index in [-0.39, 0.29) is 5.56 Å². The fraction of sp³-hybridized carbons (Fsp3) is 0.417. The van der Waals surface area contributed by atoms with Crippen LogP contribution in [0.1, 0.15) is 23.7 Å². The van der Waals surface area contributed by atoms with Gasteiger partial charge in [0.05, 0.1) is 11.1 Å². The smallest absolute Gasteiger partial charge is 0.254 e. The number of hydrogen-bond donors (Lipinski definition) is 1. The number of hydrogen-bond acceptors (Lipinski definition) is 1. The largest absolute Gasteiger partial charge is 0.345 e. The third-order valence-corrected chi connectivity index (χ3v) is 5.38. The SMILES string of the molecule is CCC(CBr)(CBr)NC(=O)c1ccc(Br)cc1F. The summed E-state index contributed by atoms with van der Waals surface area (Å²) >= 11 is 9.92. The summed E-state index contributed by atoms with van der Waals surface area (Å²) in [5.41, 5.74) is -0.353. The molecule has 0 aliphatic heterocycles. The van der Waals surface area contributed by atoms with E-state index >= 15 is 0 Å². The maximum absolute atomic E-state index is 13.7. The van der Waals surface area contributed by atoms with Crippen LogP contribution in [-0.4, -0.2) is 22.1 Å². The zero-order valence-electron chi connectivity index (χ0n) is 9.77. The summed E-state index contributed by atoms with van der Waals surface area (Å²) < 4.78 is 14.3. The zero-order chi connectivity index (χ0) is 13.8. The predicted octanol–water partition coefficient (Wildman–Crippen LogP) is 4.26. The molecular formula is C12H13Br3FNO. The number of nitrogens with one attached hydrogen (secondary N) is 1. The van der Waals surface area contributed by atoms with Gasteiger partial charge in [-0.15, -0.1) is 0 Å². The van der Waals surface area contributed by atoms with Crippen molar-refractivity contribution in [3.05, 3.63) is 34.1 Å². The van der Waals surface area contributed by atoms with Crippen molar-refractivity contribution in [3.63, 3.8) is 0 Å². The molecule has 1 aromatic rings. The molecule has 18 heavy (non-hydrogen) atoms. The minimum Gasteiger partial charge on any atom is -0.345 e. The number of alkyl halides is 2. The Morgan fingerprint density at radius 2 is 2.00 bits per heavy atom. The van der Waals surface area contributed by atoms with Crippen LogP contribution in [0.15, 0.2) is 22.7 Å². The maximum Gasteiger partial charge on any atom is 0.254 e. The van der Waals surface area contributed by atoms with Crippen LogP contribution in [0.5, 0.6) is 0 Å². The first kappa shape index (κ1) is 16.1. The first-order chi connectivity index (χ1) is 8.48. The summed E-state index contributed by atoms with van der Waals surface area (Å²) in [6.07, 6.45) is 0.743. The first-order valence-electron chi connectivity index (χ1n) is 5.37. The fourth-order valence-corrected chi connectivity index (χ4v) is 3.70. The number of halogens is 4. The lowest BCUT2D eigenvalue weighted by atomic mass is 10.0. The average molecular weight is 446 g/mol. The van der Waals surface area contributed by atoms with Gasteiger partial charge in [-0.05, 0) is 24.6 Å². The number of benzene rings is 1. The van der Waals surface area contributed by atoms with Crippen molar-refractivity contribution in [1.82, 2.24) is 5.32 Å². The molecule has 0 bridgehead atoms. The van der Waals surface area contributed by atoms with E-state index in [0.717, 1.165) is 6.42 Å². The van der Waals surface area contributed by atoms with Gasteiger partial charge in [-0.25, -0.2) is 4.39 Å². The number of carbonyl (C=O) groups is 1. The van der Waals surface area contributed by atoms with Gasteiger partial charge in [0, 0.05) is 15.1 Å². The summed E-state index contributed by atoms with van der Waals surface area (Å²) in [5.74, 6) is -0.934. The van der Waals surface area contributed by atoms with Crippen LogP contribution in [0, 0.1) is 5.82 Å². The lowest BCUT2D eigenvalue weighted by Crippen LogP contribution is -2.51. The van der Waals surface area contributed by atoms with Gasteiger partial charge in [0.25, 0.3) is 5.91 Å². The van der Waals surface area contributed by atoms with Gasteiger partial charge in [0.15, 0.2) is 0 Å². The molecule has 0 radical (unpaired) electrons. The third-order valence-electron chi connectivity index (χ3n) is 2.74. The van der Waals surface area contributed by atoms with E-state index in [1.807, 2.05) is 6.92 Å². The van der Waals surface area contributed by atoms with Crippen molar-refractivity contribution in [2.24, 2.45) is 0 Å². The summed E-state index contributed by atoms with van der Waals surface area (Å²) in [6, 6.07) is 4.40. The summed E-state index contributed by atoms with van der Waals surface area (Å²) in [6.45, 7) is 1.97. The molecule has 0 fully saturated rings. The van der Waals surface area contributed by atoms with Crippen molar-refractivity contribution in [2.45, 2.75) is 18.9 Å². The van der Waals surface area contributed by atoms with Crippen molar-refractivity contribution < 1.29 is 9.18 Å². The topological polar surface area (TPSA) is 29.1 Å². The fourth-order valence-electron chi connectivity index (χ4n) is 1.36. The second kappa shape index (κ2) is 7.01. The van der Waals surface area contributed by atoms with Crippen molar-refractivity contribution in [1.29, 1.82) is 0 Å². The molecule has 2 nitrogen and oxygen atoms in total. The number of rotatable bonds is 5. The molecule has 6 heteroatoms. The van der Waals surface area contributed by atoms with Gasteiger partial charge >= 0.3 is 0 Å². The Kier molecular flexibility index (Phi) is 6.27. The maximum atomic E-state index is 13.7. The lowest BCUT2D eigenvalue weighted by molar-refractivity contribution is 0.0911. The molecule has 0 spiro atoms. The predicted molar refractivity (Wildman–Crippen MR) is 82.2 cm³/mol. The van der Waals surface area contributed by atoms with Crippen LogP contribution in [-0.2, 0) is 0 Å². The van der Waals surface area contributed by atoms with Crippen LogP contribution in [0.2, 0.25) is 0 Å². The lowest BCUT2D eigenvalue weighted by Gasteiger charge is -2.30. The Morgan fingerprint density at radius 1 is 1.39 bits per heavy atom. The Hall–Kier alpha value is 0.0600. The van der Waals surface area contributed by atoms with Crippen LogP contribution in [0.25, 0.3) is 0 Å². The highest BCUT2D eigenvalue weighted by Gasteiger charge is 2.28. The van der Waals surface area contributed by atoms with Crippen LogP contribution in [0.4, 0.5) is 4.39 Å². The Morgan fingerprint density at radius 3 is 2.44 bits per heavy atom. The molecule has 0 saturated carbocycles. The van der Waals surface area contributed by atoms with E-state index in [9.17, 15) is 9.18 Å². The monoisotopic (exact) mass is 443 g/mol. The Bertz CT molecular complexity index is 427. The molecule has 0 heterocycles. The molecule has 0 atom stereocenters. The summed E-state index contributed by atoms with van der Waals surface area (Å²) in [5, 5.41) is 4.07. The average Bonchev–Trinajstić information content (AvgIpc) is 2.36. The van der Waals surface area contributed by atoms with Crippen molar-refractivity contribution in [3.8, 4) is 0 Å². The minimum absolute atomic E-state index is 0.0536. The van der Waals surface area contributed by atoms with Gasteiger partial charge in [-0.1, -0.05) is 54.7 Å². The van der Waals surface area contributed by atoms with Crippen LogP contribution >= 0.6 is 47.8 Å². The molecule has 0 aliphatic carbocycles. The van der Waals surface area contributed by atoms with Crippen LogP contribution < -0.4 is 5.32 Å². The minimum atomic E-state index is -0.531. The number of carbonyl (C=O) groups excluding carboxylic acids is 1. The normalized spacial score (nSPS) is 11.4. The van der Waals surface area contributed by atoms with Crippen molar-refractivity contribution >= 4 is 53.7 Å². The van der Waals surface area contributed by atoms with E-state index in [2.05, 4.69) is 53.1 Å². The molecule has 1 amide bonds. The quantitative estimate of drug-likeness (QED) is 0.674. The molecule has 100 valence electrons. The van der Waals surface area contributed by atoms with Gasteiger partial charge in [0.2, 0.25) is 0 Å². The van der Waals surface area contributed by atoms with Gasteiger partial charge < -0.3 is 5.32 Å². The highest BCUT2D eigenvalue weighted by Crippen LogP contribution is 2.20. The van der Waals surface area contributed by atoms with Crippen molar-refractivity contribution in [2.75, 3.05) is 10.7 Å². The highest BCUT2D eigenvalue weighted by atomic mass is 79.9. The Balaban J connectivity index is 2.94. The molecule has 1 rings (SSSR count). The molecule has 1 aromatic carbocycles. The van der Waals surface area contributed by atoms with E-state index in [4.69, 9.17) is 0 Å². The summed E-state index contributed by atoms with van der Waals surface area (Å²) in [4.78, 5) is 12.1. The second-order valence-corrected chi connectivity index (χ2v) is 6.02. The van der Waals surface area contributed by atoms with Gasteiger partial charge in [0.1, 0.15) is 5.82 Å². The molecule has 0 saturated heterocycles. The van der Waals surface area contributed by atoms with Gasteiger partial charge in [-0.2, -0.15) is 0 Å². The third kappa shape index (κ3) is 3.78. The van der Waals surface area contributed by atoms with E-state index in [0.29, 0.717) is 15.1 Å². The van der Waals surface area contributed by atoms with E-state index < -0.39 is 17.3 Å². The zero-order valence-corrected chi connectivity index (χ0v) is 14.5. The molecular weight excluding hydrogens is 433 g/mol. The van der Waals surface area contributed by atoms with Crippen LogP contribution in [0.3, 0.4) is 0 Å². The molecule has 0 aliphatic rings. The molecule has 0 unspecified atom stereocenters. The van der Waals surface area contributed by atoms with E-state index in [1.165, 1.54) is 12.1 Å². The molecule has 0 aromatic heterocycles. The second-order valence-electron chi connectivity index (χ2n) is 3.98. The summed E-state index contributed by atoms with van der Waals surface area (Å²) in [7, 11) is 0. The van der Waals surface area contributed by atoms with E-state index in [1.54, 1.807) is 6.07 Å². The number of amides is 1. The highest BCUT2D eigenvalue weighted by molar-refractivity contribution is 9.10. The van der Waals surface area contributed by atoms with Gasteiger partial charge in [-0.3, -0.25) is 4.79 Å².